The van der Waals surface area contributed by atoms with Crippen molar-refractivity contribution < 1.29 is 13.2 Å². The molecular formula is C17H28ClN3O3S2. The molecule has 1 atom stereocenters. The zero-order valence-corrected chi connectivity index (χ0v) is 17.5. The molecule has 2 rings (SSSR count). The second kappa shape index (κ2) is 11.1. The highest BCUT2D eigenvalue weighted by molar-refractivity contribution is 7.98. The number of sulfonamides is 1. The predicted molar refractivity (Wildman–Crippen MR) is 109 cm³/mol. The van der Waals surface area contributed by atoms with Crippen molar-refractivity contribution in [2.24, 2.45) is 5.73 Å². The second-order valence-electron chi connectivity index (χ2n) is 6.22. The number of piperidine rings is 1. The fourth-order valence-electron chi connectivity index (χ4n) is 2.77. The maximum atomic E-state index is 12.7. The Morgan fingerprint density at radius 3 is 2.65 bits per heavy atom. The summed E-state index contributed by atoms with van der Waals surface area (Å²) in [5, 5.41) is 2.78. The molecule has 3 N–H and O–H groups in total. The zero-order valence-electron chi connectivity index (χ0n) is 15.0. The summed E-state index contributed by atoms with van der Waals surface area (Å²) in [7, 11) is -3.46. The van der Waals surface area contributed by atoms with Crippen molar-refractivity contribution in [2.45, 2.75) is 43.2 Å². The van der Waals surface area contributed by atoms with Crippen LogP contribution < -0.4 is 11.1 Å². The van der Waals surface area contributed by atoms with E-state index in [-0.39, 0.29) is 29.8 Å². The van der Waals surface area contributed by atoms with Gasteiger partial charge in [0.05, 0.1) is 10.9 Å². The van der Waals surface area contributed by atoms with Gasteiger partial charge in [-0.1, -0.05) is 18.6 Å². The Bertz CT molecular complexity index is 680. The Morgan fingerprint density at radius 2 is 2.00 bits per heavy atom. The number of thioether (sulfide) groups is 1. The van der Waals surface area contributed by atoms with Crippen LogP contribution in [0.25, 0.3) is 0 Å². The van der Waals surface area contributed by atoms with Gasteiger partial charge in [0.15, 0.2) is 0 Å². The largest absolute Gasteiger partial charge is 0.351 e. The predicted octanol–water partition coefficient (Wildman–Crippen LogP) is 1.98. The van der Waals surface area contributed by atoms with E-state index in [0.29, 0.717) is 19.5 Å². The van der Waals surface area contributed by atoms with E-state index in [4.69, 9.17) is 5.73 Å². The van der Waals surface area contributed by atoms with Gasteiger partial charge in [-0.05, 0) is 49.0 Å². The molecule has 26 heavy (non-hydrogen) atoms. The summed E-state index contributed by atoms with van der Waals surface area (Å²) in [4.78, 5) is 12.3. The highest BCUT2D eigenvalue weighted by Crippen LogP contribution is 2.21. The van der Waals surface area contributed by atoms with Crippen molar-refractivity contribution in [3.05, 3.63) is 29.8 Å². The van der Waals surface area contributed by atoms with Crippen molar-refractivity contribution in [3.63, 3.8) is 0 Å². The molecule has 1 saturated heterocycles. The number of halogens is 1. The highest BCUT2D eigenvalue weighted by Gasteiger charge is 2.26. The summed E-state index contributed by atoms with van der Waals surface area (Å²) in [5.74, 6) is 0.622. The fraction of sp³-hybridized carbons (Fsp3) is 0.588. The molecule has 0 unspecified atom stereocenters. The van der Waals surface area contributed by atoms with Crippen molar-refractivity contribution in [3.8, 4) is 0 Å². The molecule has 0 bridgehead atoms. The molecule has 1 aromatic rings. The Balaban J connectivity index is 0.00000338. The average molecular weight is 422 g/mol. The van der Waals surface area contributed by atoms with Crippen LogP contribution in [0.1, 0.15) is 31.2 Å². The van der Waals surface area contributed by atoms with Crippen LogP contribution in [-0.2, 0) is 21.4 Å². The lowest BCUT2D eigenvalue weighted by Crippen LogP contribution is -2.40. The van der Waals surface area contributed by atoms with Crippen LogP contribution in [0.15, 0.2) is 29.2 Å². The smallest absolute Gasteiger partial charge is 0.243 e. The monoisotopic (exact) mass is 421 g/mol. The summed E-state index contributed by atoms with van der Waals surface area (Å²) in [5.41, 5.74) is 6.59. The lowest BCUT2D eigenvalue weighted by Gasteiger charge is -2.26. The van der Waals surface area contributed by atoms with Crippen molar-refractivity contribution in [1.29, 1.82) is 0 Å². The third-order valence-corrected chi connectivity index (χ3v) is 6.83. The van der Waals surface area contributed by atoms with Gasteiger partial charge in [0.25, 0.3) is 0 Å². The summed E-state index contributed by atoms with van der Waals surface area (Å²) in [6.07, 6.45) is 5.48. The first-order valence-electron chi connectivity index (χ1n) is 8.56. The van der Waals surface area contributed by atoms with Crippen LogP contribution in [0.2, 0.25) is 0 Å². The Labute approximate surface area is 166 Å². The third-order valence-electron chi connectivity index (χ3n) is 4.29. The topological polar surface area (TPSA) is 92.5 Å². The first-order chi connectivity index (χ1) is 11.9. The average Bonchev–Trinajstić information content (AvgIpc) is 2.65. The first kappa shape index (κ1) is 23.2. The third kappa shape index (κ3) is 6.42. The van der Waals surface area contributed by atoms with Crippen LogP contribution in [0, 0.1) is 0 Å². The summed E-state index contributed by atoms with van der Waals surface area (Å²) in [6, 6.07) is 6.24. The standard InChI is InChI=1S/C17H27N3O3S2.ClH/c1-24-11-8-16(18)17(21)19-13-14-6-5-7-15(12-14)25(22,23)20-9-3-2-4-10-20;/h5-7,12,16H,2-4,8-11,13,18H2,1H3,(H,19,21);1H/t16-;/m0./s1. The number of benzene rings is 1. The molecule has 1 aromatic carbocycles. The second-order valence-corrected chi connectivity index (χ2v) is 9.14. The molecule has 1 aliphatic heterocycles. The zero-order chi connectivity index (χ0) is 18.3. The quantitative estimate of drug-likeness (QED) is 0.669. The molecule has 0 aromatic heterocycles. The Morgan fingerprint density at radius 1 is 1.31 bits per heavy atom. The van der Waals surface area contributed by atoms with E-state index in [1.54, 1.807) is 34.3 Å². The van der Waals surface area contributed by atoms with Gasteiger partial charge in [-0.3, -0.25) is 4.79 Å². The molecule has 0 spiro atoms. The molecule has 0 saturated carbocycles. The Kier molecular flexibility index (Phi) is 9.95. The van der Waals surface area contributed by atoms with Gasteiger partial charge in [-0.15, -0.1) is 12.4 Å². The highest BCUT2D eigenvalue weighted by atomic mass is 35.5. The minimum Gasteiger partial charge on any atom is -0.351 e. The van der Waals surface area contributed by atoms with Crippen LogP contribution >= 0.6 is 24.2 Å². The molecule has 1 amide bonds. The molecular weight excluding hydrogens is 394 g/mol. The number of amides is 1. The summed E-state index contributed by atoms with van der Waals surface area (Å²) >= 11 is 1.65. The van der Waals surface area contributed by atoms with E-state index >= 15 is 0 Å². The van der Waals surface area contributed by atoms with E-state index in [0.717, 1.165) is 30.6 Å². The van der Waals surface area contributed by atoms with Gasteiger partial charge in [-0.25, -0.2) is 8.42 Å². The van der Waals surface area contributed by atoms with Gasteiger partial charge in [0.2, 0.25) is 15.9 Å². The minimum atomic E-state index is -3.46. The SMILES string of the molecule is CSCC[C@H](N)C(=O)NCc1cccc(S(=O)(=O)N2CCCCC2)c1.Cl. The number of carbonyl (C=O) groups is 1. The molecule has 1 heterocycles. The number of nitrogens with zero attached hydrogens (tertiary/aromatic N) is 1. The maximum absolute atomic E-state index is 12.7. The fourth-order valence-corrected chi connectivity index (χ4v) is 4.84. The van der Waals surface area contributed by atoms with Crippen LogP contribution in [0.4, 0.5) is 0 Å². The van der Waals surface area contributed by atoms with E-state index in [1.165, 1.54) is 0 Å². The van der Waals surface area contributed by atoms with Gasteiger partial charge >= 0.3 is 0 Å². The van der Waals surface area contributed by atoms with Crippen LogP contribution in [0.5, 0.6) is 0 Å². The van der Waals surface area contributed by atoms with E-state index < -0.39 is 16.1 Å². The Hall–Kier alpha value is -0.800. The maximum Gasteiger partial charge on any atom is 0.243 e. The molecule has 6 nitrogen and oxygen atoms in total. The molecule has 1 aliphatic rings. The molecule has 0 radical (unpaired) electrons. The van der Waals surface area contributed by atoms with Gasteiger partial charge in [0, 0.05) is 19.6 Å². The van der Waals surface area contributed by atoms with Crippen molar-refractivity contribution in [1.82, 2.24) is 9.62 Å². The number of hydrogen-bond donors (Lipinski definition) is 2. The van der Waals surface area contributed by atoms with E-state index in [9.17, 15) is 13.2 Å². The molecule has 1 fully saturated rings. The molecule has 148 valence electrons. The number of nitrogens with two attached hydrogens (primary N) is 1. The number of rotatable bonds is 8. The van der Waals surface area contributed by atoms with E-state index in [1.807, 2.05) is 12.3 Å². The van der Waals surface area contributed by atoms with Crippen molar-refractivity contribution in [2.75, 3.05) is 25.1 Å². The number of nitrogens with one attached hydrogen (secondary N) is 1. The van der Waals surface area contributed by atoms with Gasteiger partial charge < -0.3 is 11.1 Å². The molecule has 9 heteroatoms. The first-order valence-corrected chi connectivity index (χ1v) is 11.4. The summed E-state index contributed by atoms with van der Waals surface area (Å²) in [6.45, 7) is 1.43. The normalized spacial score (nSPS) is 16.5. The van der Waals surface area contributed by atoms with E-state index in [2.05, 4.69) is 5.32 Å². The van der Waals surface area contributed by atoms with Crippen LogP contribution in [0.3, 0.4) is 0 Å². The van der Waals surface area contributed by atoms with Gasteiger partial charge in [0.1, 0.15) is 0 Å². The minimum absolute atomic E-state index is 0. The van der Waals surface area contributed by atoms with Crippen molar-refractivity contribution >= 4 is 40.1 Å². The van der Waals surface area contributed by atoms with Gasteiger partial charge in [-0.2, -0.15) is 16.1 Å². The molecule has 0 aliphatic carbocycles. The lowest BCUT2D eigenvalue weighted by atomic mass is 10.2. The summed E-state index contributed by atoms with van der Waals surface area (Å²) < 4.78 is 27.0. The number of carbonyl (C=O) groups excluding carboxylic acids is 1. The number of hydrogen-bond acceptors (Lipinski definition) is 5. The van der Waals surface area contributed by atoms with Crippen LogP contribution in [-0.4, -0.2) is 49.8 Å². The lowest BCUT2D eigenvalue weighted by molar-refractivity contribution is -0.122.